The third-order valence-corrected chi connectivity index (χ3v) is 4.61. The van der Waals surface area contributed by atoms with E-state index in [1.165, 1.54) is 12.1 Å². The molecule has 28 heavy (non-hydrogen) atoms. The second kappa shape index (κ2) is 7.52. The third kappa shape index (κ3) is 3.71. The molecule has 4 rings (SSSR count). The van der Waals surface area contributed by atoms with Crippen molar-refractivity contribution < 1.29 is 9.18 Å². The van der Waals surface area contributed by atoms with Crippen LogP contribution in [0.25, 0.3) is 5.57 Å². The van der Waals surface area contributed by atoms with Gasteiger partial charge in [-0.05, 0) is 66.6 Å². The van der Waals surface area contributed by atoms with E-state index < -0.39 is 0 Å². The van der Waals surface area contributed by atoms with E-state index in [0.717, 1.165) is 22.5 Å². The van der Waals surface area contributed by atoms with Crippen molar-refractivity contribution in [2.75, 3.05) is 16.0 Å². The Bertz CT molecular complexity index is 1060. The van der Waals surface area contributed by atoms with Gasteiger partial charge >= 0.3 is 0 Å². The minimum atomic E-state index is -0.376. The number of nitrogens with one attached hydrogen (secondary N) is 3. The molecule has 0 fully saturated rings. The van der Waals surface area contributed by atoms with E-state index in [2.05, 4.69) is 20.9 Å². The first-order valence-corrected chi connectivity index (χ1v) is 8.91. The summed E-state index contributed by atoms with van der Waals surface area (Å²) in [5.41, 5.74) is 5.79. The van der Waals surface area contributed by atoms with Crippen molar-refractivity contribution in [3.05, 3.63) is 89.6 Å². The SMILES string of the molecule is Cc1cc(N/C=C2/C(=O)Nc3cc(F)ccc32)ccc1NCc1ccncc1. The van der Waals surface area contributed by atoms with Gasteiger partial charge in [0.15, 0.2) is 0 Å². The molecule has 0 saturated heterocycles. The van der Waals surface area contributed by atoms with Crippen LogP contribution in [0.2, 0.25) is 0 Å². The van der Waals surface area contributed by atoms with Gasteiger partial charge in [-0.25, -0.2) is 4.39 Å². The molecular formula is C22H19FN4O. The van der Waals surface area contributed by atoms with Gasteiger partial charge in [0, 0.05) is 42.1 Å². The molecule has 1 aliphatic rings. The van der Waals surface area contributed by atoms with E-state index in [0.29, 0.717) is 23.4 Å². The van der Waals surface area contributed by atoms with Gasteiger partial charge in [-0.1, -0.05) is 0 Å². The number of carbonyl (C=O) groups is 1. The minimum absolute atomic E-state index is 0.250. The normalized spacial score (nSPS) is 13.9. The maximum atomic E-state index is 13.3. The zero-order valence-electron chi connectivity index (χ0n) is 15.3. The minimum Gasteiger partial charge on any atom is -0.381 e. The van der Waals surface area contributed by atoms with Crippen molar-refractivity contribution in [3.63, 3.8) is 0 Å². The molecule has 0 unspecified atom stereocenters. The maximum Gasteiger partial charge on any atom is 0.257 e. The van der Waals surface area contributed by atoms with Gasteiger partial charge in [-0.15, -0.1) is 0 Å². The highest BCUT2D eigenvalue weighted by Gasteiger charge is 2.24. The summed E-state index contributed by atoms with van der Waals surface area (Å²) in [6, 6.07) is 14.2. The van der Waals surface area contributed by atoms with E-state index in [1.54, 1.807) is 24.7 Å². The summed E-state index contributed by atoms with van der Waals surface area (Å²) < 4.78 is 13.3. The number of benzene rings is 2. The van der Waals surface area contributed by atoms with E-state index in [9.17, 15) is 9.18 Å². The van der Waals surface area contributed by atoms with Gasteiger partial charge in [-0.2, -0.15) is 0 Å². The van der Waals surface area contributed by atoms with Gasteiger partial charge in [-0.3, -0.25) is 9.78 Å². The highest BCUT2D eigenvalue weighted by Crippen LogP contribution is 2.32. The second-order valence-corrected chi connectivity index (χ2v) is 6.59. The Morgan fingerprint density at radius 2 is 1.93 bits per heavy atom. The molecule has 0 aliphatic carbocycles. The molecule has 5 nitrogen and oxygen atoms in total. The molecule has 0 radical (unpaired) electrons. The molecule has 6 heteroatoms. The molecule has 140 valence electrons. The number of anilines is 3. The number of halogens is 1. The van der Waals surface area contributed by atoms with Gasteiger partial charge in [0.2, 0.25) is 0 Å². The fourth-order valence-electron chi connectivity index (χ4n) is 3.12. The number of aryl methyl sites for hydroxylation is 1. The predicted octanol–water partition coefficient (Wildman–Crippen LogP) is 4.55. The Labute approximate surface area is 162 Å². The zero-order valence-corrected chi connectivity index (χ0v) is 15.3. The van der Waals surface area contributed by atoms with Crippen molar-refractivity contribution in [2.45, 2.75) is 13.5 Å². The van der Waals surface area contributed by atoms with Gasteiger partial charge < -0.3 is 16.0 Å². The first-order valence-electron chi connectivity index (χ1n) is 8.91. The average molecular weight is 374 g/mol. The van der Waals surface area contributed by atoms with Gasteiger partial charge in [0.25, 0.3) is 5.91 Å². The number of rotatable bonds is 5. The topological polar surface area (TPSA) is 66.1 Å². The van der Waals surface area contributed by atoms with Crippen LogP contribution in [0.3, 0.4) is 0 Å². The Hall–Kier alpha value is -3.67. The van der Waals surface area contributed by atoms with E-state index >= 15 is 0 Å². The number of hydrogen-bond acceptors (Lipinski definition) is 4. The summed E-state index contributed by atoms with van der Waals surface area (Å²) in [4.78, 5) is 16.2. The summed E-state index contributed by atoms with van der Waals surface area (Å²) in [5, 5.41) is 9.25. The number of aromatic nitrogens is 1. The fourth-order valence-corrected chi connectivity index (χ4v) is 3.12. The first kappa shape index (κ1) is 17.7. The van der Waals surface area contributed by atoms with Crippen LogP contribution in [0.15, 0.2) is 67.1 Å². The molecule has 0 saturated carbocycles. The lowest BCUT2D eigenvalue weighted by Gasteiger charge is -2.11. The molecule has 2 heterocycles. The van der Waals surface area contributed by atoms with E-state index in [4.69, 9.17) is 0 Å². The van der Waals surface area contributed by atoms with Crippen LogP contribution in [0, 0.1) is 12.7 Å². The van der Waals surface area contributed by atoms with Crippen molar-refractivity contribution in [1.29, 1.82) is 0 Å². The molecule has 0 atom stereocenters. The zero-order chi connectivity index (χ0) is 19.5. The van der Waals surface area contributed by atoms with E-state index in [-0.39, 0.29) is 11.7 Å². The van der Waals surface area contributed by atoms with Crippen LogP contribution in [-0.4, -0.2) is 10.9 Å². The van der Waals surface area contributed by atoms with Crippen LogP contribution in [-0.2, 0) is 11.3 Å². The Kier molecular flexibility index (Phi) is 4.76. The van der Waals surface area contributed by atoms with Crippen molar-refractivity contribution >= 4 is 28.5 Å². The molecular weight excluding hydrogens is 355 g/mol. The molecule has 0 spiro atoms. The van der Waals surface area contributed by atoms with Gasteiger partial charge in [0.1, 0.15) is 5.82 Å². The Morgan fingerprint density at radius 1 is 1.11 bits per heavy atom. The lowest BCUT2D eigenvalue weighted by atomic mass is 10.1. The number of fused-ring (bicyclic) bond motifs is 1. The largest absolute Gasteiger partial charge is 0.381 e. The Balaban J connectivity index is 1.47. The summed E-state index contributed by atoms with van der Waals surface area (Å²) in [6.07, 6.45) is 5.20. The molecule has 1 aromatic heterocycles. The lowest BCUT2D eigenvalue weighted by Crippen LogP contribution is -2.05. The van der Waals surface area contributed by atoms with Crippen LogP contribution in [0.4, 0.5) is 21.5 Å². The molecule has 0 bridgehead atoms. The fraction of sp³-hybridized carbons (Fsp3) is 0.0909. The molecule has 1 aliphatic heterocycles. The van der Waals surface area contributed by atoms with Crippen LogP contribution in [0.1, 0.15) is 16.7 Å². The predicted molar refractivity (Wildman–Crippen MR) is 109 cm³/mol. The summed E-state index contributed by atoms with van der Waals surface area (Å²) in [6.45, 7) is 2.74. The quantitative estimate of drug-likeness (QED) is 0.574. The van der Waals surface area contributed by atoms with Gasteiger partial charge in [0.05, 0.1) is 11.3 Å². The summed E-state index contributed by atoms with van der Waals surface area (Å²) in [7, 11) is 0. The highest BCUT2D eigenvalue weighted by molar-refractivity contribution is 6.31. The molecule has 3 N–H and O–H groups in total. The van der Waals surface area contributed by atoms with Crippen LogP contribution < -0.4 is 16.0 Å². The average Bonchev–Trinajstić information content (AvgIpc) is 3.00. The van der Waals surface area contributed by atoms with Crippen LogP contribution in [0.5, 0.6) is 0 Å². The summed E-state index contributed by atoms with van der Waals surface area (Å²) in [5.74, 6) is -0.626. The number of hydrogen-bond donors (Lipinski definition) is 3. The standard InChI is InChI=1S/C22H19FN4O/c1-14-10-17(3-5-20(14)26-12-15-6-8-24-9-7-15)25-13-19-18-4-2-16(23)11-21(18)27-22(19)28/h2-11,13,25-26H,12H2,1H3,(H,27,28)/b19-13+. The highest BCUT2D eigenvalue weighted by atomic mass is 19.1. The van der Waals surface area contributed by atoms with Crippen LogP contribution >= 0.6 is 0 Å². The number of pyridine rings is 1. The first-order chi connectivity index (χ1) is 13.6. The monoisotopic (exact) mass is 374 g/mol. The molecule has 1 amide bonds. The number of nitrogens with zero attached hydrogens (tertiary/aromatic N) is 1. The second-order valence-electron chi connectivity index (χ2n) is 6.59. The molecule has 2 aromatic carbocycles. The van der Waals surface area contributed by atoms with Crippen molar-refractivity contribution in [1.82, 2.24) is 4.98 Å². The maximum absolute atomic E-state index is 13.3. The third-order valence-electron chi connectivity index (χ3n) is 4.61. The van der Waals surface area contributed by atoms with Crippen molar-refractivity contribution in [2.24, 2.45) is 0 Å². The summed E-state index contributed by atoms with van der Waals surface area (Å²) >= 11 is 0. The van der Waals surface area contributed by atoms with Crippen molar-refractivity contribution in [3.8, 4) is 0 Å². The lowest BCUT2D eigenvalue weighted by molar-refractivity contribution is -0.110. The number of amides is 1. The smallest absolute Gasteiger partial charge is 0.257 e. The van der Waals surface area contributed by atoms with E-state index in [1.807, 2.05) is 37.3 Å². The molecule has 3 aromatic rings. The number of carbonyl (C=O) groups excluding carboxylic acids is 1. The Morgan fingerprint density at radius 3 is 2.71 bits per heavy atom.